The summed E-state index contributed by atoms with van der Waals surface area (Å²) in [6, 6.07) is 0. The molecule has 2 unspecified atom stereocenters. The smallest absolute Gasteiger partial charge is 0.0143 e. The highest BCUT2D eigenvalue weighted by molar-refractivity contribution is 7.49. The fourth-order valence-electron chi connectivity index (χ4n) is 1.38. The average molecular weight is 144 g/mol. The van der Waals surface area contributed by atoms with Crippen molar-refractivity contribution in [2.75, 3.05) is 0 Å². The van der Waals surface area contributed by atoms with Gasteiger partial charge in [0, 0.05) is 0 Å². The molecule has 1 aliphatic rings. The summed E-state index contributed by atoms with van der Waals surface area (Å²) >= 11 is 0. The van der Waals surface area contributed by atoms with Crippen LogP contribution in [0, 0.1) is 11.8 Å². The second-order valence-corrected chi connectivity index (χ2v) is 5.37. The molecule has 2 atom stereocenters. The summed E-state index contributed by atoms with van der Waals surface area (Å²) in [5.74, 6) is 1.88. The lowest BCUT2D eigenvalue weighted by atomic mass is 10.0. The molecule has 1 fully saturated rings. The topological polar surface area (TPSA) is 0 Å². The Balaban J connectivity index is 2.24. The molecule has 0 nitrogen and oxygen atoms in total. The molecule has 1 heterocycles. The van der Waals surface area contributed by atoms with E-state index >= 15 is 0 Å². The van der Waals surface area contributed by atoms with Crippen LogP contribution < -0.4 is 0 Å². The Morgan fingerprint density at radius 3 is 1.33 bits per heavy atom. The molecular weight excluding hydrogens is 127 g/mol. The molecule has 54 valence electrons. The third-order valence-corrected chi connectivity index (χ3v) is 4.54. The maximum absolute atomic E-state index is 2.35. The third kappa shape index (κ3) is 1.67. The first-order valence-electron chi connectivity index (χ1n) is 3.89. The molecule has 0 saturated carbocycles. The van der Waals surface area contributed by atoms with E-state index in [2.05, 4.69) is 27.7 Å². The second kappa shape index (κ2) is 2.58. The highest BCUT2D eigenvalue weighted by Gasteiger charge is 2.40. The summed E-state index contributed by atoms with van der Waals surface area (Å²) in [4.78, 5) is 0. The highest BCUT2D eigenvalue weighted by atomic mass is 31.1. The van der Waals surface area contributed by atoms with Crippen molar-refractivity contribution in [3.8, 4) is 0 Å². The van der Waals surface area contributed by atoms with Crippen LogP contribution in [-0.2, 0) is 0 Å². The molecule has 0 radical (unpaired) electrons. The van der Waals surface area contributed by atoms with Crippen LogP contribution in [0.15, 0.2) is 0 Å². The van der Waals surface area contributed by atoms with E-state index in [0.717, 1.165) is 23.2 Å². The van der Waals surface area contributed by atoms with Crippen molar-refractivity contribution in [3.63, 3.8) is 0 Å². The highest BCUT2D eigenvalue weighted by Crippen LogP contribution is 2.56. The Hall–Kier alpha value is 0.430. The predicted octanol–water partition coefficient (Wildman–Crippen LogP) is 2.73. The van der Waals surface area contributed by atoms with Gasteiger partial charge in [-0.15, -0.1) is 8.58 Å². The maximum atomic E-state index is 2.35. The Kier molecular flexibility index (Phi) is 2.16. The number of hydrogen-bond acceptors (Lipinski definition) is 0. The molecule has 0 spiro atoms. The molecule has 0 aromatic rings. The van der Waals surface area contributed by atoms with E-state index in [1.54, 1.807) is 0 Å². The minimum atomic E-state index is 0.940. The predicted molar refractivity (Wildman–Crippen MR) is 45.6 cm³/mol. The first-order chi connectivity index (χ1) is 4.13. The molecule has 0 bridgehead atoms. The van der Waals surface area contributed by atoms with Gasteiger partial charge < -0.3 is 0 Å². The summed E-state index contributed by atoms with van der Waals surface area (Å²) in [5.41, 5.74) is 2.18. The first kappa shape index (κ1) is 7.54. The van der Waals surface area contributed by atoms with Crippen molar-refractivity contribution in [2.24, 2.45) is 11.8 Å². The quantitative estimate of drug-likeness (QED) is 0.523. The standard InChI is InChI=1S/C8H17P/c1-5(2)7-8(9-7)6(3)4/h5-9H,1-4H3. The molecule has 9 heavy (non-hydrogen) atoms. The lowest BCUT2D eigenvalue weighted by Crippen LogP contribution is -2.07. The Morgan fingerprint density at radius 1 is 0.889 bits per heavy atom. The van der Waals surface area contributed by atoms with Crippen LogP contribution in [-0.4, -0.2) is 11.3 Å². The summed E-state index contributed by atoms with van der Waals surface area (Å²) in [6.07, 6.45) is 0. The normalized spacial score (nSPS) is 36.7. The summed E-state index contributed by atoms with van der Waals surface area (Å²) < 4.78 is 0. The summed E-state index contributed by atoms with van der Waals surface area (Å²) in [5, 5.41) is 0. The van der Waals surface area contributed by atoms with Crippen LogP contribution in [0.25, 0.3) is 0 Å². The van der Waals surface area contributed by atoms with Crippen LogP contribution in [0.3, 0.4) is 0 Å². The lowest BCUT2D eigenvalue weighted by Gasteiger charge is -2.03. The molecular formula is C8H17P. The maximum Gasteiger partial charge on any atom is -0.0143 e. The van der Waals surface area contributed by atoms with Gasteiger partial charge in [-0.2, -0.15) is 0 Å². The molecule has 0 N–H and O–H groups in total. The fraction of sp³-hybridized carbons (Fsp3) is 1.00. The van der Waals surface area contributed by atoms with E-state index in [4.69, 9.17) is 0 Å². The Labute approximate surface area is 60.2 Å². The summed E-state index contributed by atoms with van der Waals surface area (Å²) in [6.45, 7) is 9.39. The Morgan fingerprint density at radius 2 is 1.22 bits per heavy atom. The zero-order valence-corrected chi connectivity index (χ0v) is 7.81. The first-order valence-corrected chi connectivity index (χ1v) is 5.04. The van der Waals surface area contributed by atoms with Crippen LogP contribution in [0.2, 0.25) is 0 Å². The minimum absolute atomic E-state index is 0.940. The van der Waals surface area contributed by atoms with Crippen LogP contribution in [0.1, 0.15) is 27.7 Å². The van der Waals surface area contributed by atoms with Crippen molar-refractivity contribution in [1.29, 1.82) is 0 Å². The molecule has 0 aliphatic carbocycles. The van der Waals surface area contributed by atoms with Crippen LogP contribution in [0.4, 0.5) is 0 Å². The largest absolute Gasteiger partial charge is 0.114 e. The minimum Gasteiger partial charge on any atom is -0.114 e. The van der Waals surface area contributed by atoms with Crippen LogP contribution >= 0.6 is 8.58 Å². The monoisotopic (exact) mass is 144 g/mol. The van der Waals surface area contributed by atoms with Gasteiger partial charge >= 0.3 is 0 Å². The fourth-order valence-corrected chi connectivity index (χ4v) is 3.25. The zero-order chi connectivity index (χ0) is 7.02. The van der Waals surface area contributed by atoms with Gasteiger partial charge in [0.25, 0.3) is 0 Å². The molecule has 0 aromatic carbocycles. The van der Waals surface area contributed by atoms with Gasteiger partial charge in [0.15, 0.2) is 0 Å². The average Bonchev–Trinajstić information content (AvgIpc) is 2.39. The molecule has 1 heteroatoms. The molecule has 1 saturated heterocycles. The van der Waals surface area contributed by atoms with Gasteiger partial charge in [0.05, 0.1) is 0 Å². The van der Waals surface area contributed by atoms with Crippen molar-refractivity contribution >= 4 is 8.58 Å². The SMILES string of the molecule is CC(C)C1PC1C(C)C. The van der Waals surface area contributed by atoms with Gasteiger partial charge in [-0.25, -0.2) is 0 Å². The van der Waals surface area contributed by atoms with Gasteiger partial charge in [-0.05, 0) is 23.2 Å². The van der Waals surface area contributed by atoms with Crippen molar-refractivity contribution in [1.82, 2.24) is 0 Å². The van der Waals surface area contributed by atoms with Crippen LogP contribution in [0.5, 0.6) is 0 Å². The molecule has 1 rings (SSSR count). The van der Waals surface area contributed by atoms with Crippen molar-refractivity contribution in [3.05, 3.63) is 0 Å². The van der Waals surface area contributed by atoms with Crippen molar-refractivity contribution in [2.45, 2.75) is 39.0 Å². The Bertz CT molecular complexity index is 84.7. The third-order valence-electron chi connectivity index (χ3n) is 2.10. The van der Waals surface area contributed by atoms with E-state index in [1.807, 2.05) is 0 Å². The van der Waals surface area contributed by atoms with Gasteiger partial charge in [0.1, 0.15) is 0 Å². The van der Waals surface area contributed by atoms with E-state index in [0.29, 0.717) is 0 Å². The van der Waals surface area contributed by atoms with Crippen molar-refractivity contribution < 1.29 is 0 Å². The van der Waals surface area contributed by atoms with E-state index in [1.165, 1.54) is 8.58 Å². The second-order valence-electron chi connectivity index (χ2n) is 3.71. The van der Waals surface area contributed by atoms with Gasteiger partial charge in [0.2, 0.25) is 0 Å². The molecule has 1 aliphatic heterocycles. The lowest BCUT2D eigenvalue weighted by molar-refractivity contribution is 0.556. The zero-order valence-electron chi connectivity index (χ0n) is 6.81. The van der Waals surface area contributed by atoms with E-state index < -0.39 is 0 Å². The summed E-state index contributed by atoms with van der Waals surface area (Å²) in [7, 11) is 1.28. The van der Waals surface area contributed by atoms with E-state index in [-0.39, 0.29) is 0 Å². The number of hydrogen-bond donors (Lipinski definition) is 0. The molecule has 0 aromatic heterocycles. The number of rotatable bonds is 2. The van der Waals surface area contributed by atoms with Gasteiger partial charge in [-0.3, -0.25) is 0 Å². The van der Waals surface area contributed by atoms with Gasteiger partial charge in [-0.1, -0.05) is 27.7 Å². The molecule has 0 amide bonds. The van der Waals surface area contributed by atoms with E-state index in [9.17, 15) is 0 Å².